The van der Waals surface area contributed by atoms with Crippen molar-refractivity contribution >= 4 is 17.7 Å². The van der Waals surface area contributed by atoms with Gasteiger partial charge in [-0.25, -0.2) is 4.68 Å². The van der Waals surface area contributed by atoms with E-state index in [4.69, 9.17) is 0 Å². The zero-order valence-corrected chi connectivity index (χ0v) is 12.7. The quantitative estimate of drug-likeness (QED) is 0.664. The molecule has 0 saturated heterocycles. The molecule has 1 saturated carbocycles. The van der Waals surface area contributed by atoms with Crippen LogP contribution in [0.4, 0.5) is 0 Å². The monoisotopic (exact) mass is 299 g/mol. The lowest BCUT2D eigenvalue weighted by Crippen LogP contribution is -2.50. The van der Waals surface area contributed by atoms with Gasteiger partial charge >= 0.3 is 5.97 Å². The molecular formula is C12H21N5O2S. The maximum atomic E-state index is 11.4. The van der Waals surface area contributed by atoms with Crippen LogP contribution in [0.1, 0.15) is 45.6 Å². The van der Waals surface area contributed by atoms with E-state index in [2.05, 4.69) is 20.8 Å². The first-order valence-electron chi connectivity index (χ1n) is 6.96. The Balaban J connectivity index is 1.86. The lowest BCUT2D eigenvalue weighted by molar-refractivity contribution is -0.144. The normalized spacial score (nSPS) is 17.9. The third kappa shape index (κ3) is 3.69. The summed E-state index contributed by atoms with van der Waals surface area (Å²) in [6, 6.07) is 0.441. The number of aliphatic carboxylic acids is 1. The predicted octanol–water partition coefficient (Wildman–Crippen LogP) is 1.33. The maximum absolute atomic E-state index is 11.4. The van der Waals surface area contributed by atoms with Crippen molar-refractivity contribution in [3.05, 3.63) is 0 Å². The summed E-state index contributed by atoms with van der Waals surface area (Å²) in [6.07, 6.45) is 3.70. The number of hydrogen-bond donors (Lipinski definition) is 2. The van der Waals surface area contributed by atoms with E-state index in [1.165, 1.54) is 11.8 Å². The Morgan fingerprint density at radius 1 is 1.60 bits per heavy atom. The molecule has 2 N–H and O–H groups in total. The average molecular weight is 299 g/mol. The Labute approximate surface area is 122 Å². The molecule has 20 heavy (non-hydrogen) atoms. The molecule has 0 radical (unpaired) electrons. The van der Waals surface area contributed by atoms with Crippen molar-refractivity contribution in [2.24, 2.45) is 0 Å². The van der Waals surface area contributed by atoms with Crippen LogP contribution in [0.3, 0.4) is 0 Å². The molecule has 7 nitrogen and oxygen atoms in total. The van der Waals surface area contributed by atoms with E-state index in [0.717, 1.165) is 24.4 Å². The molecule has 2 rings (SSSR count). The van der Waals surface area contributed by atoms with Crippen LogP contribution in [0.15, 0.2) is 5.16 Å². The number of tetrazole rings is 1. The van der Waals surface area contributed by atoms with Crippen LogP contribution in [-0.2, 0) is 4.79 Å². The van der Waals surface area contributed by atoms with E-state index < -0.39 is 11.5 Å². The zero-order chi connectivity index (χ0) is 14.6. The van der Waals surface area contributed by atoms with Crippen LogP contribution in [0.25, 0.3) is 0 Å². The summed E-state index contributed by atoms with van der Waals surface area (Å²) in [4.78, 5) is 11.4. The van der Waals surface area contributed by atoms with Crippen LogP contribution >= 0.6 is 11.8 Å². The Kier molecular flexibility index (Phi) is 4.98. The predicted molar refractivity (Wildman–Crippen MR) is 75.8 cm³/mol. The molecule has 0 amide bonds. The van der Waals surface area contributed by atoms with Gasteiger partial charge in [-0.2, -0.15) is 0 Å². The van der Waals surface area contributed by atoms with Crippen molar-refractivity contribution < 1.29 is 9.90 Å². The van der Waals surface area contributed by atoms with Gasteiger partial charge in [0, 0.05) is 5.75 Å². The fourth-order valence-electron chi connectivity index (χ4n) is 1.85. The highest BCUT2D eigenvalue weighted by Gasteiger charge is 2.32. The van der Waals surface area contributed by atoms with Crippen molar-refractivity contribution in [3.8, 4) is 0 Å². The first-order chi connectivity index (χ1) is 9.57. The van der Waals surface area contributed by atoms with Crippen LogP contribution in [0, 0.1) is 0 Å². The summed E-state index contributed by atoms with van der Waals surface area (Å²) in [5, 5.41) is 24.9. The molecule has 1 unspecified atom stereocenters. The van der Waals surface area contributed by atoms with Gasteiger partial charge in [0.1, 0.15) is 5.54 Å². The minimum Gasteiger partial charge on any atom is -0.480 e. The molecular weight excluding hydrogens is 278 g/mol. The SMILES string of the molecule is CCCNC(C)(CCSc1nnnn1C1CC1)C(=O)O. The topological polar surface area (TPSA) is 92.9 Å². The third-order valence-electron chi connectivity index (χ3n) is 3.43. The molecule has 1 heterocycles. The number of rotatable bonds is 9. The summed E-state index contributed by atoms with van der Waals surface area (Å²) >= 11 is 1.52. The van der Waals surface area contributed by atoms with Crippen LogP contribution in [0.5, 0.6) is 0 Å². The summed E-state index contributed by atoms with van der Waals surface area (Å²) in [6.45, 7) is 4.45. The van der Waals surface area contributed by atoms with E-state index in [0.29, 0.717) is 24.8 Å². The van der Waals surface area contributed by atoms with E-state index in [-0.39, 0.29) is 0 Å². The van der Waals surface area contributed by atoms with Gasteiger partial charge in [0.25, 0.3) is 0 Å². The second-order valence-electron chi connectivity index (χ2n) is 5.30. The minimum atomic E-state index is -0.888. The molecule has 0 spiro atoms. The molecule has 1 aliphatic rings. The highest BCUT2D eigenvalue weighted by molar-refractivity contribution is 7.99. The summed E-state index contributed by atoms with van der Waals surface area (Å²) in [7, 11) is 0. The summed E-state index contributed by atoms with van der Waals surface area (Å²) in [5.41, 5.74) is -0.888. The highest BCUT2D eigenvalue weighted by atomic mass is 32.2. The van der Waals surface area contributed by atoms with Gasteiger partial charge in [0.2, 0.25) is 5.16 Å². The number of carboxylic acid groups (broad SMARTS) is 1. The van der Waals surface area contributed by atoms with E-state index in [1.54, 1.807) is 6.92 Å². The first kappa shape index (κ1) is 15.2. The molecule has 1 aliphatic carbocycles. The Bertz CT molecular complexity index is 462. The average Bonchev–Trinajstić information content (AvgIpc) is 3.16. The second kappa shape index (κ2) is 6.53. The lowest BCUT2D eigenvalue weighted by atomic mass is 9.99. The maximum Gasteiger partial charge on any atom is 0.323 e. The lowest BCUT2D eigenvalue weighted by Gasteiger charge is -2.25. The number of carbonyl (C=O) groups is 1. The van der Waals surface area contributed by atoms with Crippen LogP contribution < -0.4 is 5.32 Å². The molecule has 1 aromatic heterocycles. The van der Waals surface area contributed by atoms with Gasteiger partial charge in [-0.1, -0.05) is 18.7 Å². The van der Waals surface area contributed by atoms with Crippen molar-refractivity contribution in [2.75, 3.05) is 12.3 Å². The number of thioether (sulfide) groups is 1. The number of hydrogen-bond acceptors (Lipinski definition) is 6. The summed E-state index contributed by atoms with van der Waals surface area (Å²) in [5.74, 6) is -0.139. The first-order valence-corrected chi connectivity index (χ1v) is 7.94. The van der Waals surface area contributed by atoms with Gasteiger partial charge in [0.15, 0.2) is 0 Å². The van der Waals surface area contributed by atoms with Gasteiger partial charge in [0.05, 0.1) is 6.04 Å². The number of carboxylic acids is 1. The molecule has 0 aromatic carbocycles. The fraction of sp³-hybridized carbons (Fsp3) is 0.833. The zero-order valence-electron chi connectivity index (χ0n) is 11.9. The molecule has 1 atom stereocenters. The Hall–Kier alpha value is -1.15. The largest absolute Gasteiger partial charge is 0.480 e. The standard InChI is InChI=1S/C12H21N5O2S/c1-3-7-13-12(2,10(18)19)6-8-20-11-14-15-16-17(11)9-4-5-9/h9,13H,3-8H2,1-2H3,(H,18,19). The van der Waals surface area contributed by atoms with Gasteiger partial charge in [-0.3, -0.25) is 4.79 Å². The van der Waals surface area contributed by atoms with Crippen molar-refractivity contribution in [3.63, 3.8) is 0 Å². The van der Waals surface area contributed by atoms with Crippen molar-refractivity contribution in [1.29, 1.82) is 0 Å². The van der Waals surface area contributed by atoms with Gasteiger partial charge in [-0.15, -0.1) is 5.10 Å². The number of aromatic nitrogens is 4. The van der Waals surface area contributed by atoms with Crippen molar-refractivity contribution in [2.45, 2.75) is 56.3 Å². The van der Waals surface area contributed by atoms with Crippen molar-refractivity contribution in [1.82, 2.24) is 25.5 Å². The molecule has 0 aliphatic heterocycles. The third-order valence-corrected chi connectivity index (χ3v) is 4.36. The Morgan fingerprint density at radius 3 is 2.95 bits per heavy atom. The summed E-state index contributed by atoms with van der Waals surface area (Å²) < 4.78 is 1.85. The van der Waals surface area contributed by atoms with E-state index in [1.807, 2.05) is 11.6 Å². The van der Waals surface area contributed by atoms with E-state index in [9.17, 15) is 9.90 Å². The second-order valence-corrected chi connectivity index (χ2v) is 6.36. The molecule has 8 heteroatoms. The fourth-order valence-corrected chi connectivity index (χ4v) is 2.95. The van der Waals surface area contributed by atoms with Gasteiger partial charge in [-0.05, 0) is 49.6 Å². The molecule has 1 fully saturated rings. The van der Waals surface area contributed by atoms with Crippen LogP contribution in [-0.4, -0.2) is 49.1 Å². The number of nitrogens with one attached hydrogen (secondary N) is 1. The number of nitrogens with zero attached hydrogens (tertiary/aromatic N) is 4. The van der Waals surface area contributed by atoms with Crippen LogP contribution in [0.2, 0.25) is 0 Å². The molecule has 0 bridgehead atoms. The van der Waals surface area contributed by atoms with Gasteiger partial charge < -0.3 is 10.4 Å². The molecule has 112 valence electrons. The highest BCUT2D eigenvalue weighted by Crippen LogP contribution is 2.36. The van der Waals surface area contributed by atoms with E-state index >= 15 is 0 Å². The minimum absolute atomic E-state index is 0.441. The smallest absolute Gasteiger partial charge is 0.323 e. The molecule has 1 aromatic rings. The Morgan fingerprint density at radius 2 is 2.35 bits per heavy atom.